The summed E-state index contributed by atoms with van der Waals surface area (Å²) >= 11 is 0. The molecular formula is C16H34Cl2N4O. The minimum Gasteiger partial charge on any atom is -0.339 e. The van der Waals surface area contributed by atoms with E-state index in [1.54, 1.807) is 13.8 Å². The number of piperazine rings is 1. The Kier molecular flexibility index (Phi) is 9.39. The van der Waals surface area contributed by atoms with E-state index in [1.165, 1.54) is 12.8 Å². The first-order valence-electron chi connectivity index (χ1n) is 8.35. The van der Waals surface area contributed by atoms with Gasteiger partial charge in [0.1, 0.15) is 0 Å². The summed E-state index contributed by atoms with van der Waals surface area (Å²) in [4.78, 5) is 19.2. The molecule has 1 amide bonds. The van der Waals surface area contributed by atoms with Crippen molar-refractivity contribution >= 4 is 30.7 Å². The minimum absolute atomic E-state index is 0. The van der Waals surface area contributed by atoms with Gasteiger partial charge in [0.15, 0.2) is 0 Å². The second-order valence-electron chi connectivity index (χ2n) is 7.37. The summed E-state index contributed by atoms with van der Waals surface area (Å²) in [5.74, 6) is 0.0731. The zero-order valence-electron chi connectivity index (χ0n) is 15.0. The number of halogens is 2. The van der Waals surface area contributed by atoms with E-state index in [1.807, 2.05) is 4.90 Å². The zero-order valence-corrected chi connectivity index (χ0v) is 16.6. The molecule has 0 aromatic heterocycles. The normalized spacial score (nSPS) is 26.6. The van der Waals surface area contributed by atoms with Crippen LogP contribution in [-0.2, 0) is 4.79 Å². The summed E-state index contributed by atoms with van der Waals surface area (Å²) in [7, 11) is 0. The average molecular weight is 369 g/mol. The molecule has 23 heavy (non-hydrogen) atoms. The summed E-state index contributed by atoms with van der Waals surface area (Å²) in [6, 6.07) is 1.45. The van der Waals surface area contributed by atoms with Crippen molar-refractivity contribution < 1.29 is 4.79 Å². The molecule has 0 aromatic rings. The first kappa shape index (κ1) is 22.9. The molecule has 2 unspecified atom stereocenters. The van der Waals surface area contributed by atoms with Crippen LogP contribution in [0.3, 0.4) is 0 Å². The highest BCUT2D eigenvalue weighted by atomic mass is 35.5. The van der Waals surface area contributed by atoms with Crippen LogP contribution in [0.5, 0.6) is 0 Å². The maximum absolute atomic E-state index is 12.2. The van der Waals surface area contributed by atoms with Gasteiger partial charge in [-0.15, -0.1) is 24.8 Å². The lowest BCUT2D eigenvalue weighted by Crippen LogP contribution is -2.57. The van der Waals surface area contributed by atoms with E-state index in [0.29, 0.717) is 0 Å². The van der Waals surface area contributed by atoms with E-state index in [4.69, 9.17) is 5.73 Å². The molecule has 2 N–H and O–H groups in total. The van der Waals surface area contributed by atoms with Crippen molar-refractivity contribution in [3.05, 3.63) is 0 Å². The van der Waals surface area contributed by atoms with Crippen LogP contribution in [0.1, 0.15) is 40.5 Å². The van der Waals surface area contributed by atoms with Crippen LogP contribution in [0.25, 0.3) is 0 Å². The van der Waals surface area contributed by atoms with E-state index >= 15 is 0 Å². The van der Waals surface area contributed by atoms with Gasteiger partial charge in [-0.05, 0) is 40.5 Å². The van der Waals surface area contributed by atoms with Gasteiger partial charge in [-0.3, -0.25) is 14.6 Å². The number of nitrogens with two attached hydrogens (primary N) is 1. The van der Waals surface area contributed by atoms with Crippen molar-refractivity contribution in [1.29, 1.82) is 0 Å². The molecule has 0 aromatic carbocycles. The lowest BCUT2D eigenvalue weighted by atomic mass is 10.0. The molecule has 2 aliphatic heterocycles. The van der Waals surface area contributed by atoms with Gasteiger partial charge in [0.2, 0.25) is 5.91 Å². The highest BCUT2D eigenvalue weighted by molar-refractivity contribution is 5.86. The molecule has 2 heterocycles. The fraction of sp³-hybridized carbons (Fsp3) is 0.938. The second-order valence-corrected chi connectivity index (χ2v) is 7.37. The summed E-state index contributed by atoms with van der Waals surface area (Å²) < 4.78 is 0. The summed E-state index contributed by atoms with van der Waals surface area (Å²) in [5.41, 5.74) is 5.16. The fourth-order valence-electron chi connectivity index (χ4n) is 3.53. The number of hydrogen-bond acceptors (Lipinski definition) is 4. The first-order chi connectivity index (χ1) is 9.79. The molecule has 2 aliphatic rings. The van der Waals surface area contributed by atoms with Crippen LogP contribution < -0.4 is 5.73 Å². The van der Waals surface area contributed by atoms with Crippen LogP contribution in [0.4, 0.5) is 0 Å². The largest absolute Gasteiger partial charge is 0.339 e. The van der Waals surface area contributed by atoms with Gasteiger partial charge < -0.3 is 10.6 Å². The number of carbonyl (C=O) groups is 1. The lowest BCUT2D eigenvalue weighted by Gasteiger charge is -2.38. The Morgan fingerprint density at radius 1 is 1.00 bits per heavy atom. The van der Waals surface area contributed by atoms with Gasteiger partial charge in [-0.2, -0.15) is 0 Å². The van der Waals surface area contributed by atoms with E-state index in [0.717, 1.165) is 51.4 Å². The van der Waals surface area contributed by atoms with Crippen LogP contribution in [0, 0.1) is 0 Å². The predicted molar refractivity (Wildman–Crippen MR) is 101 cm³/mol. The SMILES string of the molecule is CC1CCC(C)N1CCN1CCN(C(=O)C(C)(C)N)CC1.Cl.Cl. The Bertz CT molecular complexity index is 358. The van der Waals surface area contributed by atoms with Crippen LogP contribution >= 0.6 is 24.8 Å². The van der Waals surface area contributed by atoms with E-state index < -0.39 is 5.54 Å². The van der Waals surface area contributed by atoms with Gasteiger partial charge >= 0.3 is 0 Å². The van der Waals surface area contributed by atoms with Crippen LogP contribution in [0.2, 0.25) is 0 Å². The Balaban J connectivity index is 0.00000242. The molecule has 0 spiro atoms. The molecule has 0 saturated carbocycles. The molecule has 2 saturated heterocycles. The molecule has 0 aliphatic carbocycles. The topological polar surface area (TPSA) is 52.8 Å². The third kappa shape index (κ3) is 6.05. The fourth-order valence-corrected chi connectivity index (χ4v) is 3.53. The maximum Gasteiger partial charge on any atom is 0.242 e. The summed E-state index contributed by atoms with van der Waals surface area (Å²) in [5, 5.41) is 0. The van der Waals surface area contributed by atoms with Crippen LogP contribution in [-0.4, -0.2) is 77.5 Å². The molecule has 5 nitrogen and oxygen atoms in total. The van der Waals surface area contributed by atoms with Crippen LogP contribution in [0.15, 0.2) is 0 Å². The van der Waals surface area contributed by atoms with Gasteiger partial charge in [0.05, 0.1) is 5.54 Å². The van der Waals surface area contributed by atoms with Crippen molar-refractivity contribution in [2.75, 3.05) is 39.3 Å². The Hall–Kier alpha value is -0.0700. The summed E-state index contributed by atoms with van der Waals surface area (Å²) in [6.45, 7) is 14.1. The Labute approximate surface area is 153 Å². The van der Waals surface area contributed by atoms with Gasteiger partial charge in [0.25, 0.3) is 0 Å². The van der Waals surface area contributed by atoms with Crippen molar-refractivity contribution in [2.45, 2.75) is 58.2 Å². The highest BCUT2D eigenvalue weighted by Crippen LogP contribution is 2.22. The maximum atomic E-state index is 12.2. The van der Waals surface area contributed by atoms with E-state index in [-0.39, 0.29) is 30.7 Å². The highest BCUT2D eigenvalue weighted by Gasteiger charge is 2.31. The van der Waals surface area contributed by atoms with Crippen molar-refractivity contribution in [1.82, 2.24) is 14.7 Å². The lowest BCUT2D eigenvalue weighted by molar-refractivity contribution is -0.137. The number of amides is 1. The predicted octanol–water partition coefficient (Wildman–Crippen LogP) is 1.58. The standard InChI is InChI=1S/C16H32N4O.2ClH/c1-13-5-6-14(2)20(13)12-9-18-7-10-19(11-8-18)15(21)16(3,4)17;;/h13-14H,5-12,17H2,1-4H3;2*1H. The van der Waals surface area contributed by atoms with Crippen molar-refractivity contribution in [3.8, 4) is 0 Å². The number of rotatable bonds is 4. The molecule has 0 radical (unpaired) electrons. The van der Waals surface area contributed by atoms with E-state index in [2.05, 4.69) is 23.6 Å². The molecule has 2 rings (SSSR count). The third-order valence-corrected chi connectivity index (χ3v) is 5.02. The minimum atomic E-state index is -0.747. The molecule has 2 fully saturated rings. The second kappa shape index (κ2) is 9.42. The molecular weight excluding hydrogens is 335 g/mol. The molecule has 0 bridgehead atoms. The molecule has 138 valence electrons. The smallest absolute Gasteiger partial charge is 0.242 e. The Morgan fingerprint density at radius 3 is 1.91 bits per heavy atom. The van der Waals surface area contributed by atoms with Crippen molar-refractivity contribution in [2.24, 2.45) is 5.73 Å². The van der Waals surface area contributed by atoms with Gasteiger partial charge in [-0.25, -0.2) is 0 Å². The van der Waals surface area contributed by atoms with Gasteiger partial charge in [0, 0.05) is 51.4 Å². The van der Waals surface area contributed by atoms with E-state index in [9.17, 15) is 4.79 Å². The quantitative estimate of drug-likeness (QED) is 0.818. The van der Waals surface area contributed by atoms with Crippen molar-refractivity contribution in [3.63, 3.8) is 0 Å². The Morgan fingerprint density at radius 2 is 1.48 bits per heavy atom. The number of carbonyl (C=O) groups excluding carboxylic acids is 1. The molecule has 2 atom stereocenters. The molecule has 7 heteroatoms. The first-order valence-corrected chi connectivity index (χ1v) is 8.35. The number of nitrogens with zero attached hydrogens (tertiary/aromatic N) is 3. The summed E-state index contributed by atoms with van der Waals surface area (Å²) in [6.07, 6.45) is 2.66. The third-order valence-electron chi connectivity index (χ3n) is 5.02. The number of hydrogen-bond donors (Lipinski definition) is 1. The average Bonchev–Trinajstić information content (AvgIpc) is 2.75. The monoisotopic (exact) mass is 368 g/mol. The number of likely N-dealkylation sites (tertiary alicyclic amines) is 1. The van der Waals surface area contributed by atoms with Gasteiger partial charge in [-0.1, -0.05) is 0 Å². The zero-order chi connectivity index (χ0) is 15.6.